The molecule has 1 fully saturated rings. The van der Waals surface area contributed by atoms with Crippen LogP contribution in [0.5, 0.6) is 0 Å². The predicted molar refractivity (Wildman–Crippen MR) is 76.4 cm³/mol. The normalized spacial score (nSPS) is 18.8. The maximum atomic E-state index is 5.41. The van der Waals surface area contributed by atoms with Crippen molar-refractivity contribution in [3.63, 3.8) is 0 Å². The first-order valence-corrected chi connectivity index (χ1v) is 7.04. The minimum atomic E-state index is 0.653. The van der Waals surface area contributed by atoms with E-state index in [-0.39, 0.29) is 0 Å². The highest BCUT2D eigenvalue weighted by molar-refractivity contribution is 7.71. The Kier molecular flexibility index (Phi) is 3.75. The fourth-order valence-electron chi connectivity index (χ4n) is 2.46. The van der Waals surface area contributed by atoms with Gasteiger partial charge >= 0.3 is 0 Å². The summed E-state index contributed by atoms with van der Waals surface area (Å²) in [7, 11) is 0. The second-order valence-electron chi connectivity index (χ2n) is 4.89. The van der Waals surface area contributed by atoms with E-state index in [1.807, 2.05) is 18.2 Å². The number of rotatable bonds is 4. The van der Waals surface area contributed by atoms with Gasteiger partial charge < -0.3 is 9.30 Å². The lowest BCUT2D eigenvalue weighted by Gasteiger charge is -2.10. The number of nitrogens with one attached hydrogen (secondary N) is 1. The Morgan fingerprint density at radius 1 is 1.37 bits per heavy atom. The molecule has 1 saturated heterocycles. The Hall–Kier alpha value is -1.46. The quantitative estimate of drug-likeness (QED) is 0.872. The zero-order valence-electron chi connectivity index (χ0n) is 10.7. The molecule has 0 spiro atoms. The third kappa shape index (κ3) is 2.77. The Labute approximate surface area is 117 Å². The number of hydrogen-bond donors (Lipinski definition) is 1. The van der Waals surface area contributed by atoms with Crippen LogP contribution in [0.4, 0.5) is 0 Å². The molecule has 0 radical (unpaired) electrons. The maximum absolute atomic E-state index is 5.41. The van der Waals surface area contributed by atoms with Crippen molar-refractivity contribution in [3.8, 4) is 11.4 Å². The first-order valence-electron chi connectivity index (χ1n) is 6.63. The highest BCUT2D eigenvalue weighted by Gasteiger charge is 2.16. The van der Waals surface area contributed by atoms with Gasteiger partial charge in [0.05, 0.1) is 0 Å². The van der Waals surface area contributed by atoms with Crippen LogP contribution >= 0.6 is 12.2 Å². The van der Waals surface area contributed by atoms with Gasteiger partial charge in [0.25, 0.3) is 0 Å². The fourth-order valence-corrected chi connectivity index (χ4v) is 2.68. The topological polar surface area (TPSA) is 42.8 Å². The second kappa shape index (κ2) is 5.67. The minimum Gasteiger partial charge on any atom is -0.381 e. The van der Waals surface area contributed by atoms with Crippen molar-refractivity contribution in [1.82, 2.24) is 14.8 Å². The molecule has 0 saturated carbocycles. The van der Waals surface area contributed by atoms with Crippen molar-refractivity contribution < 1.29 is 4.74 Å². The molecule has 1 N–H and O–H groups in total. The van der Waals surface area contributed by atoms with E-state index >= 15 is 0 Å². The molecule has 1 aliphatic heterocycles. The lowest BCUT2D eigenvalue weighted by Crippen LogP contribution is -2.07. The largest absolute Gasteiger partial charge is 0.381 e. The minimum absolute atomic E-state index is 0.653. The molecule has 0 bridgehead atoms. The van der Waals surface area contributed by atoms with Gasteiger partial charge in [-0.2, -0.15) is 5.10 Å². The molecule has 1 aliphatic rings. The molecule has 2 heterocycles. The number of H-pyrrole nitrogens is 1. The van der Waals surface area contributed by atoms with E-state index in [9.17, 15) is 0 Å². The van der Waals surface area contributed by atoms with Crippen LogP contribution in [0.2, 0.25) is 0 Å². The summed E-state index contributed by atoms with van der Waals surface area (Å²) in [5, 5.41) is 7.24. The third-order valence-corrected chi connectivity index (χ3v) is 3.89. The molecule has 1 atom stereocenters. The third-order valence-electron chi connectivity index (χ3n) is 3.58. The van der Waals surface area contributed by atoms with Gasteiger partial charge in [-0.1, -0.05) is 30.3 Å². The van der Waals surface area contributed by atoms with Crippen LogP contribution in [0.1, 0.15) is 12.8 Å². The van der Waals surface area contributed by atoms with E-state index in [2.05, 4.69) is 26.9 Å². The molecule has 1 aromatic heterocycles. The molecule has 4 nitrogen and oxygen atoms in total. The first kappa shape index (κ1) is 12.6. The van der Waals surface area contributed by atoms with Crippen LogP contribution in [0.3, 0.4) is 0 Å². The second-order valence-corrected chi connectivity index (χ2v) is 5.28. The summed E-state index contributed by atoms with van der Waals surface area (Å²) in [6.07, 6.45) is 2.25. The van der Waals surface area contributed by atoms with Gasteiger partial charge in [0.1, 0.15) is 0 Å². The lowest BCUT2D eigenvalue weighted by atomic mass is 10.1. The SMILES string of the molecule is S=c1[nH]nc(-c2ccccc2)n1CCC1CCOC1. The van der Waals surface area contributed by atoms with Crippen molar-refractivity contribution in [2.45, 2.75) is 19.4 Å². The maximum Gasteiger partial charge on any atom is 0.195 e. The van der Waals surface area contributed by atoms with Crippen molar-refractivity contribution in [3.05, 3.63) is 35.1 Å². The molecule has 1 unspecified atom stereocenters. The van der Waals surface area contributed by atoms with Crippen LogP contribution in [-0.2, 0) is 11.3 Å². The molecule has 0 aliphatic carbocycles. The smallest absolute Gasteiger partial charge is 0.195 e. The van der Waals surface area contributed by atoms with E-state index < -0.39 is 0 Å². The zero-order valence-corrected chi connectivity index (χ0v) is 11.5. The molecule has 5 heteroatoms. The van der Waals surface area contributed by atoms with E-state index in [0.717, 1.165) is 44.0 Å². The Morgan fingerprint density at radius 3 is 2.95 bits per heavy atom. The summed E-state index contributed by atoms with van der Waals surface area (Å²) in [5.41, 5.74) is 1.09. The summed E-state index contributed by atoms with van der Waals surface area (Å²) in [4.78, 5) is 0. The van der Waals surface area contributed by atoms with Gasteiger partial charge in [-0.3, -0.25) is 5.10 Å². The van der Waals surface area contributed by atoms with Crippen LogP contribution in [0, 0.1) is 10.7 Å². The first-order chi connectivity index (χ1) is 9.34. The highest BCUT2D eigenvalue weighted by atomic mass is 32.1. The average Bonchev–Trinajstić information content (AvgIpc) is 3.07. The van der Waals surface area contributed by atoms with Gasteiger partial charge in [0.15, 0.2) is 10.6 Å². The van der Waals surface area contributed by atoms with Gasteiger partial charge in [-0.05, 0) is 31.0 Å². The Morgan fingerprint density at radius 2 is 2.21 bits per heavy atom. The van der Waals surface area contributed by atoms with Gasteiger partial charge in [-0.15, -0.1) is 0 Å². The van der Waals surface area contributed by atoms with Gasteiger partial charge in [-0.25, -0.2) is 0 Å². The lowest BCUT2D eigenvalue weighted by molar-refractivity contribution is 0.183. The van der Waals surface area contributed by atoms with Gasteiger partial charge in [0, 0.05) is 25.3 Å². The average molecular weight is 275 g/mol. The van der Waals surface area contributed by atoms with Crippen molar-refractivity contribution in [2.75, 3.05) is 13.2 Å². The summed E-state index contributed by atoms with van der Waals surface area (Å²) < 4.78 is 8.19. The van der Waals surface area contributed by atoms with E-state index in [0.29, 0.717) is 10.7 Å². The van der Waals surface area contributed by atoms with Crippen LogP contribution < -0.4 is 0 Å². The molecule has 2 aromatic rings. The highest BCUT2D eigenvalue weighted by Crippen LogP contribution is 2.21. The number of nitrogens with zero attached hydrogens (tertiary/aromatic N) is 2. The van der Waals surface area contributed by atoms with Gasteiger partial charge in [0.2, 0.25) is 0 Å². The van der Waals surface area contributed by atoms with Crippen LogP contribution in [-0.4, -0.2) is 28.0 Å². The molecule has 3 rings (SSSR count). The molecule has 19 heavy (non-hydrogen) atoms. The van der Waals surface area contributed by atoms with Crippen molar-refractivity contribution in [2.24, 2.45) is 5.92 Å². The van der Waals surface area contributed by atoms with E-state index in [1.165, 1.54) is 0 Å². The molecule has 100 valence electrons. The van der Waals surface area contributed by atoms with Crippen molar-refractivity contribution in [1.29, 1.82) is 0 Å². The monoisotopic (exact) mass is 275 g/mol. The summed E-state index contributed by atoms with van der Waals surface area (Å²) in [6, 6.07) is 10.1. The summed E-state index contributed by atoms with van der Waals surface area (Å²) >= 11 is 5.33. The number of benzene rings is 1. The standard InChI is InChI=1S/C14H17N3OS/c19-14-16-15-13(12-4-2-1-3-5-12)17(14)8-6-11-7-9-18-10-11/h1-5,11H,6-10H2,(H,16,19). The Balaban J connectivity index is 1.80. The Bertz CT molecular complexity index is 584. The summed E-state index contributed by atoms with van der Waals surface area (Å²) in [6.45, 7) is 2.67. The van der Waals surface area contributed by atoms with Crippen LogP contribution in [0.15, 0.2) is 30.3 Å². The predicted octanol–water partition coefficient (Wildman–Crippen LogP) is 3.03. The molecule has 0 amide bonds. The number of ether oxygens (including phenoxy) is 1. The number of hydrogen-bond acceptors (Lipinski definition) is 3. The molecular formula is C14H17N3OS. The van der Waals surface area contributed by atoms with E-state index in [4.69, 9.17) is 17.0 Å². The van der Waals surface area contributed by atoms with Crippen molar-refractivity contribution >= 4 is 12.2 Å². The number of aromatic nitrogens is 3. The zero-order chi connectivity index (χ0) is 13.1. The molecular weight excluding hydrogens is 258 g/mol. The van der Waals surface area contributed by atoms with Crippen LogP contribution in [0.25, 0.3) is 11.4 Å². The number of aromatic amines is 1. The fraction of sp³-hybridized carbons (Fsp3) is 0.429. The van der Waals surface area contributed by atoms with E-state index in [1.54, 1.807) is 0 Å². The molecule has 1 aromatic carbocycles. The summed E-state index contributed by atoms with van der Waals surface area (Å²) in [5.74, 6) is 1.57.